The van der Waals surface area contributed by atoms with Gasteiger partial charge in [-0.2, -0.15) is 0 Å². The van der Waals surface area contributed by atoms with Gasteiger partial charge in [-0.15, -0.1) is 0 Å². The molecule has 2 rings (SSSR count). The van der Waals surface area contributed by atoms with Gasteiger partial charge in [-0.3, -0.25) is 4.79 Å². The smallest absolute Gasteiger partial charge is 0.254 e. The summed E-state index contributed by atoms with van der Waals surface area (Å²) in [7, 11) is 0. The third kappa shape index (κ3) is 2.94. The molecule has 1 amide bonds. The Morgan fingerprint density at radius 3 is 2.94 bits per heavy atom. The highest BCUT2D eigenvalue weighted by Crippen LogP contribution is 2.23. The summed E-state index contributed by atoms with van der Waals surface area (Å²) in [5, 5.41) is 3.10. The number of pyridine rings is 1. The van der Waals surface area contributed by atoms with Crippen molar-refractivity contribution in [3.63, 3.8) is 0 Å². The lowest BCUT2D eigenvalue weighted by atomic mass is 9.86. The van der Waals surface area contributed by atoms with E-state index in [1.54, 1.807) is 18.3 Å². The van der Waals surface area contributed by atoms with E-state index in [2.05, 4.69) is 17.2 Å². The number of amides is 1. The number of aromatic amines is 1. The van der Waals surface area contributed by atoms with Gasteiger partial charge in [-0.05, 0) is 30.9 Å². The van der Waals surface area contributed by atoms with Crippen LogP contribution in [0.15, 0.2) is 18.3 Å². The van der Waals surface area contributed by atoms with Crippen LogP contribution in [0, 0.1) is 10.6 Å². The van der Waals surface area contributed by atoms with E-state index in [9.17, 15) is 4.79 Å². The number of rotatable bonds is 2. The fraction of sp³-hybridized carbons (Fsp3) is 0.538. The number of hydrogen-bond donors (Lipinski definition) is 2. The normalized spacial score (nSPS) is 24.3. The van der Waals surface area contributed by atoms with E-state index in [1.165, 1.54) is 19.3 Å². The molecule has 2 unspecified atom stereocenters. The van der Waals surface area contributed by atoms with Crippen molar-refractivity contribution in [2.24, 2.45) is 5.92 Å². The predicted octanol–water partition coefficient (Wildman–Crippen LogP) is 3.05. The molecule has 2 atom stereocenters. The zero-order valence-corrected chi connectivity index (χ0v) is 10.8. The number of carbonyl (C=O) groups excluding carboxylic acids is 1. The van der Waals surface area contributed by atoms with Crippen LogP contribution in [0.3, 0.4) is 0 Å². The predicted molar refractivity (Wildman–Crippen MR) is 70.5 cm³/mol. The molecule has 1 fully saturated rings. The van der Waals surface area contributed by atoms with Gasteiger partial charge in [0, 0.05) is 12.2 Å². The van der Waals surface area contributed by atoms with E-state index >= 15 is 0 Å². The van der Waals surface area contributed by atoms with Gasteiger partial charge in [0.1, 0.15) is 4.64 Å². The zero-order valence-electron chi connectivity index (χ0n) is 10.0. The molecule has 0 spiro atoms. The van der Waals surface area contributed by atoms with Gasteiger partial charge < -0.3 is 10.3 Å². The summed E-state index contributed by atoms with van der Waals surface area (Å²) >= 11 is 5.11. The van der Waals surface area contributed by atoms with Crippen molar-refractivity contribution in [2.45, 2.75) is 38.6 Å². The maximum atomic E-state index is 12.1. The van der Waals surface area contributed by atoms with Gasteiger partial charge in [-0.1, -0.05) is 32.0 Å². The lowest BCUT2D eigenvalue weighted by Crippen LogP contribution is -2.41. The lowest BCUT2D eigenvalue weighted by Gasteiger charge is -2.29. The Morgan fingerprint density at radius 1 is 1.47 bits per heavy atom. The van der Waals surface area contributed by atoms with Crippen molar-refractivity contribution in [3.05, 3.63) is 28.5 Å². The molecule has 0 radical (unpaired) electrons. The number of carbonyl (C=O) groups is 1. The van der Waals surface area contributed by atoms with Crippen LogP contribution >= 0.6 is 12.2 Å². The van der Waals surface area contributed by atoms with E-state index in [-0.39, 0.29) is 5.91 Å². The van der Waals surface area contributed by atoms with Gasteiger partial charge in [-0.25, -0.2) is 0 Å². The highest BCUT2D eigenvalue weighted by Gasteiger charge is 2.23. The molecular formula is C13H18N2OS. The first kappa shape index (κ1) is 12.3. The molecule has 92 valence electrons. The Labute approximate surface area is 107 Å². The Bertz CT molecular complexity index is 455. The third-order valence-electron chi connectivity index (χ3n) is 3.49. The number of nitrogens with one attached hydrogen (secondary N) is 2. The van der Waals surface area contributed by atoms with Gasteiger partial charge in [0.2, 0.25) is 0 Å². The van der Waals surface area contributed by atoms with Crippen molar-refractivity contribution in [1.82, 2.24) is 10.3 Å². The molecule has 17 heavy (non-hydrogen) atoms. The topological polar surface area (TPSA) is 44.9 Å². The molecule has 0 saturated heterocycles. The third-order valence-corrected chi connectivity index (χ3v) is 3.83. The number of hydrogen-bond acceptors (Lipinski definition) is 2. The second kappa shape index (κ2) is 5.45. The first-order valence-corrected chi connectivity index (χ1v) is 6.58. The first-order valence-electron chi connectivity index (χ1n) is 6.17. The van der Waals surface area contributed by atoms with E-state index in [1.807, 2.05) is 0 Å². The summed E-state index contributed by atoms with van der Waals surface area (Å²) < 4.78 is 0.508. The summed E-state index contributed by atoms with van der Waals surface area (Å²) in [6, 6.07) is 3.86. The molecule has 3 nitrogen and oxygen atoms in total. The minimum atomic E-state index is -0.0504. The summed E-state index contributed by atoms with van der Waals surface area (Å²) in [6.07, 6.45) is 6.50. The van der Waals surface area contributed by atoms with Crippen LogP contribution in [0.2, 0.25) is 0 Å². The Hall–Kier alpha value is -1.16. The Kier molecular flexibility index (Phi) is 3.94. The minimum absolute atomic E-state index is 0.0504. The first-order chi connectivity index (χ1) is 8.18. The maximum Gasteiger partial charge on any atom is 0.254 e. The molecule has 0 aliphatic heterocycles. The summed E-state index contributed by atoms with van der Waals surface area (Å²) in [5.74, 6) is 0.513. The Balaban J connectivity index is 2.06. The maximum absolute atomic E-state index is 12.1. The van der Waals surface area contributed by atoms with Crippen LogP contribution in [-0.4, -0.2) is 16.9 Å². The number of aromatic nitrogens is 1. The fourth-order valence-electron chi connectivity index (χ4n) is 2.38. The average Bonchev–Trinajstić information content (AvgIpc) is 2.32. The quantitative estimate of drug-likeness (QED) is 0.792. The van der Waals surface area contributed by atoms with Gasteiger partial charge in [0.15, 0.2) is 0 Å². The van der Waals surface area contributed by atoms with Crippen LogP contribution in [0.4, 0.5) is 0 Å². The molecule has 1 aromatic heterocycles. The molecular weight excluding hydrogens is 232 g/mol. The summed E-state index contributed by atoms with van der Waals surface area (Å²) in [4.78, 5) is 15.0. The van der Waals surface area contributed by atoms with Crippen LogP contribution in [-0.2, 0) is 0 Å². The molecule has 4 heteroatoms. The SMILES string of the molecule is CC1CCCCC1NC(=O)c1ccc[nH]c1=S. The molecule has 2 N–H and O–H groups in total. The average molecular weight is 250 g/mol. The zero-order chi connectivity index (χ0) is 12.3. The molecule has 1 aliphatic carbocycles. The van der Waals surface area contributed by atoms with Gasteiger partial charge in [0.25, 0.3) is 5.91 Å². The molecule has 0 bridgehead atoms. The van der Waals surface area contributed by atoms with Gasteiger partial charge in [0.05, 0.1) is 5.56 Å². The Morgan fingerprint density at radius 2 is 2.24 bits per heavy atom. The van der Waals surface area contributed by atoms with E-state index in [4.69, 9.17) is 12.2 Å². The van der Waals surface area contributed by atoms with Crippen molar-refractivity contribution < 1.29 is 4.79 Å². The highest BCUT2D eigenvalue weighted by molar-refractivity contribution is 7.71. The van der Waals surface area contributed by atoms with Crippen molar-refractivity contribution in [2.75, 3.05) is 0 Å². The van der Waals surface area contributed by atoms with E-state index < -0.39 is 0 Å². The number of H-pyrrole nitrogens is 1. The molecule has 0 aromatic carbocycles. The van der Waals surface area contributed by atoms with Crippen LogP contribution in [0.1, 0.15) is 43.0 Å². The van der Waals surface area contributed by atoms with E-state index in [0.29, 0.717) is 22.2 Å². The van der Waals surface area contributed by atoms with Crippen molar-refractivity contribution in [3.8, 4) is 0 Å². The molecule has 1 heterocycles. The van der Waals surface area contributed by atoms with Crippen molar-refractivity contribution in [1.29, 1.82) is 0 Å². The standard InChI is InChI=1S/C13H18N2OS/c1-9-5-2-3-7-11(9)15-12(16)10-6-4-8-14-13(10)17/h4,6,8-9,11H,2-3,5,7H2,1H3,(H,14,17)(H,15,16). The monoisotopic (exact) mass is 250 g/mol. The minimum Gasteiger partial charge on any atom is -0.352 e. The second-order valence-corrected chi connectivity index (χ2v) is 5.16. The highest BCUT2D eigenvalue weighted by atomic mass is 32.1. The van der Waals surface area contributed by atoms with Crippen LogP contribution < -0.4 is 5.32 Å². The molecule has 1 aliphatic rings. The lowest BCUT2D eigenvalue weighted by molar-refractivity contribution is 0.0909. The molecule has 1 aromatic rings. The van der Waals surface area contributed by atoms with E-state index in [0.717, 1.165) is 6.42 Å². The van der Waals surface area contributed by atoms with Crippen molar-refractivity contribution >= 4 is 18.1 Å². The van der Waals surface area contributed by atoms with Crippen LogP contribution in [0.5, 0.6) is 0 Å². The second-order valence-electron chi connectivity index (χ2n) is 4.75. The molecule has 1 saturated carbocycles. The summed E-state index contributed by atoms with van der Waals surface area (Å²) in [5.41, 5.74) is 0.570. The van der Waals surface area contributed by atoms with Crippen LogP contribution in [0.25, 0.3) is 0 Å². The summed E-state index contributed by atoms with van der Waals surface area (Å²) in [6.45, 7) is 2.20. The fourth-order valence-corrected chi connectivity index (χ4v) is 2.61. The van der Waals surface area contributed by atoms with Gasteiger partial charge >= 0.3 is 0 Å². The largest absolute Gasteiger partial charge is 0.352 e.